The van der Waals surface area contributed by atoms with Gasteiger partial charge in [-0.25, -0.2) is 0 Å². The maximum absolute atomic E-state index is 13.8. The second kappa shape index (κ2) is 12.0. The number of carbonyl (C=O) groups is 2. The van der Waals surface area contributed by atoms with Gasteiger partial charge in [0.15, 0.2) is 0 Å². The van der Waals surface area contributed by atoms with Gasteiger partial charge in [-0.2, -0.15) is 0 Å². The fourth-order valence-electron chi connectivity index (χ4n) is 4.75. The van der Waals surface area contributed by atoms with E-state index in [4.69, 9.17) is 4.74 Å². The number of hydrogen-bond donors (Lipinski definition) is 0. The van der Waals surface area contributed by atoms with Gasteiger partial charge >= 0.3 is 0 Å². The van der Waals surface area contributed by atoms with E-state index in [0.29, 0.717) is 24.6 Å². The van der Waals surface area contributed by atoms with Gasteiger partial charge in [0.25, 0.3) is 5.91 Å². The highest BCUT2D eigenvalue weighted by Gasteiger charge is 2.34. The molecular weight excluding hydrogens is 480 g/mol. The molecule has 0 saturated heterocycles. The van der Waals surface area contributed by atoms with Crippen LogP contribution >= 0.6 is 11.3 Å². The van der Waals surface area contributed by atoms with E-state index in [-0.39, 0.29) is 30.4 Å². The molecule has 5 nitrogen and oxygen atoms in total. The van der Waals surface area contributed by atoms with Crippen molar-refractivity contribution in [3.8, 4) is 5.75 Å². The van der Waals surface area contributed by atoms with Crippen LogP contribution in [0.5, 0.6) is 5.75 Å². The fourth-order valence-corrected chi connectivity index (χ4v) is 5.67. The van der Waals surface area contributed by atoms with E-state index in [1.807, 2.05) is 62.1 Å². The predicted octanol–water partition coefficient (Wildman–Crippen LogP) is 6.63. The highest BCUT2D eigenvalue weighted by molar-refractivity contribution is 7.10. The van der Waals surface area contributed by atoms with E-state index in [1.165, 1.54) is 10.4 Å². The second-order valence-corrected chi connectivity index (χ2v) is 11.2. The standard InChI is InChI=1S/C31H38N2O3S/c1-6-23(5)33(31(35)25-9-7-22(4)8-10-25)19-30(34)32-17-15-29-27(16-18-37-29)28(32)20-36-26-13-11-24(12-14-26)21(2)3/h7-14,16,18,21,23,28H,6,15,17,19-20H2,1-5H3. The molecule has 0 N–H and O–H groups in total. The summed E-state index contributed by atoms with van der Waals surface area (Å²) >= 11 is 1.74. The van der Waals surface area contributed by atoms with E-state index >= 15 is 0 Å². The fraction of sp³-hybridized carbons (Fsp3) is 0.419. The zero-order valence-corrected chi connectivity index (χ0v) is 23.4. The minimum Gasteiger partial charge on any atom is -0.491 e. The van der Waals surface area contributed by atoms with Gasteiger partial charge in [-0.3, -0.25) is 9.59 Å². The molecule has 0 saturated carbocycles. The number of hydrogen-bond acceptors (Lipinski definition) is 4. The van der Waals surface area contributed by atoms with E-state index in [2.05, 4.69) is 37.4 Å². The first kappa shape index (κ1) is 26.9. The molecule has 3 aromatic rings. The molecular formula is C31H38N2O3S. The van der Waals surface area contributed by atoms with Crippen LogP contribution in [0, 0.1) is 6.92 Å². The quantitative estimate of drug-likeness (QED) is 0.320. The molecule has 0 radical (unpaired) electrons. The zero-order chi connectivity index (χ0) is 26.5. The Hall–Kier alpha value is -3.12. The molecule has 1 aliphatic rings. The van der Waals surface area contributed by atoms with Crippen molar-refractivity contribution in [1.82, 2.24) is 9.80 Å². The summed E-state index contributed by atoms with van der Waals surface area (Å²) in [5.41, 5.74) is 4.14. The minimum atomic E-state index is -0.180. The first-order valence-corrected chi connectivity index (χ1v) is 14.1. The number of thiophene rings is 1. The molecule has 2 unspecified atom stereocenters. The predicted molar refractivity (Wildman–Crippen MR) is 150 cm³/mol. The normalized spacial score (nSPS) is 15.8. The molecule has 37 heavy (non-hydrogen) atoms. The number of amides is 2. The summed E-state index contributed by atoms with van der Waals surface area (Å²) in [4.78, 5) is 32.1. The van der Waals surface area contributed by atoms with Crippen molar-refractivity contribution in [2.45, 2.75) is 65.5 Å². The molecule has 2 atom stereocenters. The molecule has 4 rings (SSSR count). The Bertz CT molecular complexity index is 1200. The number of aryl methyl sites for hydroxylation is 1. The zero-order valence-electron chi connectivity index (χ0n) is 22.6. The lowest BCUT2D eigenvalue weighted by atomic mass is 10.00. The Balaban J connectivity index is 1.52. The van der Waals surface area contributed by atoms with Gasteiger partial charge in [0.05, 0.1) is 6.04 Å². The van der Waals surface area contributed by atoms with Gasteiger partial charge in [-0.1, -0.05) is 50.6 Å². The topological polar surface area (TPSA) is 49.9 Å². The van der Waals surface area contributed by atoms with Crippen LogP contribution < -0.4 is 4.74 Å². The van der Waals surface area contributed by atoms with Gasteiger partial charge in [0.2, 0.25) is 5.91 Å². The third kappa shape index (κ3) is 6.24. The third-order valence-corrected chi connectivity index (χ3v) is 8.35. The molecule has 2 amide bonds. The van der Waals surface area contributed by atoms with Crippen LogP contribution in [-0.2, 0) is 11.2 Å². The molecule has 0 fully saturated rings. The van der Waals surface area contributed by atoms with Crippen molar-refractivity contribution < 1.29 is 14.3 Å². The summed E-state index contributed by atoms with van der Waals surface area (Å²) in [5.74, 6) is 1.12. The molecule has 0 bridgehead atoms. The van der Waals surface area contributed by atoms with Crippen LogP contribution in [0.25, 0.3) is 0 Å². The third-order valence-electron chi connectivity index (χ3n) is 7.36. The van der Waals surface area contributed by atoms with Gasteiger partial charge in [0.1, 0.15) is 18.9 Å². The molecule has 2 heterocycles. The first-order chi connectivity index (χ1) is 17.8. The molecule has 0 aliphatic carbocycles. The van der Waals surface area contributed by atoms with Crippen molar-refractivity contribution in [3.63, 3.8) is 0 Å². The Morgan fingerprint density at radius 1 is 1.05 bits per heavy atom. The van der Waals surface area contributed by atoms with Crippen molar-refractivity contribution in [3.05, 3.63) is 87.1 Å². The van der Waals surface area contributed by atoms with E-state index in [1.54, 1.807) is 16.2 Å². The lowest BCUT2D eigenvalue weighted by Crippen LogP contribution is -2.49. The maximum Gasteiger partial charge on any atom is 0.254 e. The van der Waals surface area contributed by atoms with E-state index in [9.17, 15) is 9.59 Å². The Morgan fingerprint density at radius 3 is 2.41 bits per heavy atom. The number of benzene rings is 2. The second-order valence-electron chi connectivity index (χ2n) is 10.2. The molecule has 1 aliphatic heterocycles. The van der Waals surface area contributed by atoms with Gasteiger partial charge < -0.3 is 14.5 Å². The molecule has 0 spiro atoms. The largest absolute Gasteiger partial charge is 0.491 e. The summed E-state index contributed by atoms with van der Waals surface area (Å²) < 4.78 is 6.22. The van der Waals surface area contributed by atoms with E-state index in [0.717, 1.165) is 29.7 Å². The van der Waals surface area contributed by atoms with Gasteiger partial charge in [-0.05, 0) is 79.4 Å². The Kier molecular flexibility index (Phi) is 8.70. The number of nitrogens with zero attached hydrogens (tertiary/aromatic N) is 2. The maximum atomic E-state index is 13.8. The van der Waals surface area contributed by atoms with Crippen LogP contribution in [0.15, 0.2) is 60.0 Å². The lowest BCUT2D eigenvalue weighted by molar-refractivity contribution is -0.136. The summed E-state index contributed by atoms with van der Waals surface area (Å²) in [6.07, 6.45) is 1.60. The monoisotopic (exact) mass is 518 g/mol. The van der Waals surface area contributed by atoms with Crippen LogP contribution in [0.1, 0.15) is 78.0 Å². The van der Waals surface area contributed by atoms with Crippen LogP contribution in [0.4, 0.5) is 0 Å². The van der Waals surface area contributed by atoms with Crippen molar-refractivity contribution in [1.29, 1.82) is 0 Å². The summed E-state index contributed by atoms with van der Waals surface area (Å²) in [5, 5.41) is 2.09. The first-order valence-electron chi connectivity index (χ1n) is 13.2. The number of rotatable bonds is 9. The number of carbonyl (C=O) groups excluding carboxylic acids is 2. The molecule has 6 heteroatoms. The SMILES string of the molecule is CCC(C)N(CC(=O)N1CCc2sccc2C1COc1ccc(C(C)C)cc1)C(=O)c1ccc(C)cc1. The highest BCUT2D eigenvalue weighted by Crippen LogP contribution is 2.34. The average molecular weight is 519 g/mol. The lowest BCUT2D eigenvalue weighted by Gasteiger charge is -2.38. The van der Waals surface area contributed by atoms with Gasteiger partial charge in [-0.15, -0.1) is 11.3 Å². The van der Waals surface area contributed by atoms with E-state index < -0.39 is 0 Å². The van der Waals surface area contributed by atoms with Crippen molar-refractivity contribution >= 4 is 23.2 Å². The number of ether oxygens (including phenoxy) is 1. The Morgan fingerprint density at radius 2 is 1.76 bits per heavy atom. The highest BCUT2D eigenvalue weighted by atomic mass is 32.1. The molecule has 2 aromatic carbocycles. The summed E-state index contributed by atoms with van der Waals surface area (Å²) in [6.45, 7) is 11.5. The molecule has 196 valence electrons. The van der Waals surface area contributed by atoms with Crippen LogP contribution in [0.2, 0.25) is 0 Å². The average Bonchev–Trinajstić information content (AvgIpc) is 3.39. The van der Waals surface area contributed by atoms with Crippen molar-refractivity contribution in [2.24, 2.45) is 0 Å². The van der Waals surface area contributed by atoms with Crippen molar-refractivity contribution in [2.75, 3.05) is 19.7 Å². The minimum absolute atomic E-state index is 0.0404. The Labute approximate surface area is 225 Å². The van der Waals surface area contributed by atoms with Gasteiger partial charge in [0, 0.05) is 23.0 Å². The number of fused-ring (bicyclic) bond motifs is 1. The summed E-state index contributed by atoms with van der Waals surface area (Å²) in [6, 6.07) is 17.7. The smallest absolute Gasteiger partial charge is 0.254 e. The molecule has 1 aromatic heterocycles. The van der Waals surface area contributed by atoms with Crippen LogP contribution in [-0.4, -0.2) is 47.4 Å². The van der Waals surface area contributed by atoms with Crippen LogP contribution in [0.3, 0.4) is 0 Å². The summed E-state index contributed by atoms with van der Waals surface area (Å²) in [7, 11) is 0.